The van der Waals surface area contributed by atoms with E-state index >= 15 is 0 Å². The van der Waals surface area contributed by atoms with Gasteiger partial charge in [0.25, 0.3) is 0 Å². The summed E-state index contributed by atoms with van der Waals surface area (Å²) < 4.78 is 5.50. The van der Waals surface area contributed by atoms with E-state index in [-0.39, 0.29) is 12.2 Å². The molecule has 0 rings (SSSR count). The maximum atomic E-state index is 9.34. The lowest BCUT2D eigenvalue weighted by atomic mass is 10.1. The fourth-order valence-corrected chi connectivity index (χ4v) is 1.14. The Bertz CT molecular complexity index is 83.8. The Morgan fingerprint density at radius 1 is 1.25 bits per heavy atom. The molecule has 1 N–H and O–H groups in total. The van der Waals surface area contributed by atoms with Gasteiger partial charge in [-0.15, -0.1) is 0 Å². The lowest BCUT2D eigenvalue weighted by molar-refractivity contribution is -0.0341. The van der Waals surface area contributed by atoms with E-state index in [1.54, 1.807) is 6.92 Å². The molecule has 0 saturated carbocycles. The third kappa shape index (κ3) is 5.56. The van der Waals surface area contributed by atoms with Crippen molar-refractivity contribution in [2.45, 2.75) is 58.7 Å². The molecule has 0 heterocycles. The molecular weight excluding hydrogens is 152 g/mol. The van der Waals surface area contributed by atoms with Crippen molar-refractivity contribution >= 4 is 0 Å². The van der Waals surface area contributed by atoms with Crippen LogP contribution < -0.4 is 0 Å². The minimum atomic E-state index is -0.330. The van der Waals surface area contributed by atoms with E-state index in [0.29, 0.717) is 0 Å². The van der Waals surface area contributed by atoms with E-state index in [1.165, 1.54) is 6.42 Å². The van der Waals surface area contributed by atoms with Gasteiger partial charge in [-0.1, -0.05) is 26.7 Å². The van der Waals surface area contributed by atoms with Crippen LogP contribution in [0.25, 0.3) is 0 Å². The van der Waals surface area contributed by atoms with Gasteiger partial charge in [0.05, 0.1) is 12.2 Å². The van der Waals surface area contributed by atoms with E-state index in [1.807, 2.05) is 0 Å². The molecule has 0 amide bonds. The summed E-state index contributed by atoms with van der Waals surface area (Å²) in [6.07, 6.45) is 4.02. The van der Waals surface area contributed by atoms with Gasteiger partial charge in [-0.2, -0.15) is 0 Å². The molecule has 12 heavy (non-hydrogen) atoms. The summed E-state index contributed by atoms with van der Waals surface area (Å²) in [5.41, 5.74) is 0. The van der Waals surface area contributed by atoms with Crippen molar-refractivity contribution in [1.82, 2.24) is 0 Å². The summed E-state index contributed by atoms with van der Waals surface area (Å²) in [6, 6.07) is 0. The highest BCUT2D eigenvalue weighted by molar-refractivity contribution is 4.64. The van der Waals surface area contributed by atoms with Crippen LogP contribution in [-0.4, -0.2) is 23.9 Å². The zero-order valence-electron chi connectivity index (χ0n) is 8.55. The first kappa shape index (κ1) is 11.9. The molecule has 0 aliphatic carbocycles. The Labute approximate surface area is 75.9 Å². The highest BCUT2D eigenvalue weighted by atomic mass is 16.5. The summed E-state index contributed by atoms with van der Waals surface area (Å²) >= 11 is 0. The predicted octanol–water partition coefficient (Wildman–Crippen LogP) is 2.35. The summed E-state index contributed by atoms with van der Waals surface area (Å²) in [5, 5.41) is 9.34. The van der Waals surface area contributed by atoms with E-state index in [0.717, 1.165) is 25.9 Å². The number of hydrogen-bond acceptors (Lipinski definition) is 2. The van der Waals surface area contributed by atoms with Gasteiger partial charge in [-0.05, 0) is 19.8 Å². The van der Waals surface area contributed by atoms with Crippen LogP contribution in [0.3, 0.4) is 0 Å². The van der Waals surface area contributed by atoms with Gasteiger partial charge in [0.1, 0.15) is 0 Å². The van der Waals surface area contributed by atoms with Crippen LogP contribution in [0.5, 0.6) is 0 Å². The molecule has 0 radical (unpaired) electrons. The van der Waals surface area contributed by atoms with Crippen molar-refractivity contribution in [1.29, 1.82) is 0 Å². The lowest BCUT2D eigenvalue weighted by Crippen LogP contribution is -2.26. The molecule has 0 aromatic heterocycles. The third-order valence-electron chi connectivity index (χ3n) is 1.92. The molecule has 0 aliphatic heterocycles. The van der Waals surface area contributed by atoms with Crippen LogP contribution in [0.15, 0.2) is 0 Å². The number of unbranched alkanes of at least 4 members (excludes halogenated alkanes) is 1. The maximum Gasteiger partial charge on any atom is 0.0831 e. The Kier molecular flexibility index (Phi) is 7.51. The molecule has 2 heteroatoms. The van der Waals surface area contributed by atoms with Gasteiger partial charge in [0.15, 0.2) is 0 Å². The molecule has 2 nitrogen and oxygen atoms in total. The Morgan fingerprint density at radius 3 is 2.33 bits per heavy atom. The van der Waals surface area contributed by atoms with Gasteiger partial charge < -0.3 is 9.84 Å². The van der Waals surface area contributed by atoms with E-state index in [2.05, 4.69) is 13.8 Å². The van der Waals surface area contributed by atoms with Crippen molar-refractivity contribution in [3.05, 3.63) is 0 Å². The van der Waals surface area contributed by atoms with Gasteiger partial charge in [0, 0.05) is 6.61 Å². The number of aliphatic hydroxyl groups is 1. The van der Waals surface area contributed by atoms with Crippen LogP contribution in [0.4, 0.5) is 0 Å². The smallest absolute Gasteiger partial charge is 0.0831 e. The van der Waals surface area contributed by atoms with Crippen molar-refractivity contribution in [3.8, 4) is 0 Å². The Morgan fingerprint density at radius 2 is 1.92 bits per heavy atom. The largest absolute Gasteiger partial charge is 0.391 e. The molecule has 0 fully saturated rings. The molecule has 2 atom stereocenters. The standard InChI is InChI=1S/C10H22O2/c1-4-6-7-10(9(3)11)12-8-5-2/h9-11H,4-8H2,1-3H3. The molecule has 74 valence electrons. The van der Waals surface area contributed by atoms with Gasteiger partial charge in [-0.25, -0.2) is 0 Å². The highest BCUT2D eigenvalue weighted by Gasteiger charge is 2.13. The normalized spacial score (nSPS) is 16.0. The summed E-state index contributed by atoms with van der Waals surface area (Å²) in [7, 11) is 0. The first-order valence-electron chi connectivity index (χ1n) is 5.02. The highest BCUT2D eigenvalue weighted by Crippen LogP contribution is 2.09. The summed E-state index contributed by atoms with van der Waals surface area (Å²) in [4.78, 5) is 0. The van der Waals surface area contributed by atoms with Gasteiger partial charge in [0.2, 0.25) is 0 Å². The minimum Gasteiger partial charge on any atom is -0.391 e. The minimum absolute atomic E-state index is 0.0462. The molecule has 0 aromatic rings. The number of hydrogen-bond donors (Lipinski definition) is 1. The lowest BCUT2D eigenvalue weighted by Gasteiger charge is -2.19. The second-order valence-corrected chi connectivity index (χ2v) is 3.29. The molecule has 0 bridgehead atoms. The van der Waals surface area contributed by atoms with Crippen LogP contribution >= 0.6 is 0 Å². The van der Waals surface area contributed by atoms with Gasteiger partial charge in [-0.3, -0.25) is 0 Å². The van der Waals surface area contributed by atoms with E-state index < -0.39 is 0 Å². The Hall–Kier alpha value is -0.0800. The second-order valence-electron chi connectivity index (χ2n) is 3.29. The van der Waals surface area contributed by atoms with Crippen molar-refractivity contribution in [2.24, 2.45) is 0 Å². The third-order valence-corrected chi connectivity index (χ3v) is 1.92. The first-order chi connectivity index (χ1) is 5.72. The van der Waals surface area contributed by atoms with Crippen molar-refractivity contribution in [2.75, 3.05) is 6.61 Å². The molecule has 2 unspecified atom stereocenters. The van der Waals surface area contributed by atoms with Crippen LogP contribution in [0.1, 0.15) is 46.5 Å². The average molecular weight is 174 g/mol. The fraction of sp³-hybridized carbons (Fsp3) is 1.00. The van der Waals surface area contributed by atoms with Crippen LogP contribution in [-0.2, 0) is 4.74 Å². The molecule has 0 saturated heterocycles. The first-order valence-corrected chi connectivity index (χ1v) is 5.02. The summed E-state index contributed by atoms with van der Waals surface area (Å²) in [5.74, 6) is 0. The zero-order valence-corrected chi connectivity index (χ0v) is 8.55. The second kappa shape index (κ2) is 7.56. The molecular formula is C10H22O2. The number of aliphatic hydroxyl groups excluding tert-OH is 1. The molecule has 0 spiro atoms. The summed E-state index contributed by atoms with van der Waals surface area (Å²) in [6.45, 7) is 6.80. The van der Waals surface area contributed by atoms with E-state index in [9.17, 15) is 5.11 Å². The molecule has 0 aliphatic rings. The predicted molar refractivity (Wildman–Crippen MR) is 51.2 cm³/mol. The fourth-order valence-electron chi connectivity index (χ4n) is 1.14. The van der Waals surface area contributed by atoms with Crippen LogP contribution in [0, 0.1) is 0 Å². The number of ether oxygens (including phenoxy) is 1. The molecule has 0 aromatic carbocycles. The van der Waals surface area contributed by atoms with E-state index in [4.69, 9.17) is 4.74 Å². The van der Waals surface area contributed by atoms with Crippen molar-refractivity contribution < 1.29 is 9.84 Å². The van der Waals surface area contributed by atoms with Crippen LogP contribution in [0.2, 0.25) is 0 Å². The maximum absolute atomic E-state index is 9.34. The van der Waals surface area contributed by atoms with Crippen molar-refractivity contribution in [3.63, 3.8) is 0 Å². The number of rotatable bonds is 7. The average Bonchev–Trinajstić information content (AvgIpc) is 2.04. The SMILES string of the molecule is CCCCC(OCCC)C(C)O. The monoisotopic (exact) mass is 174 g/mol. The zero-order chi connectivity index (χ0) is 9.40. The quantitative estimate of drug-likeness (QED) is 0.642. The Balaban J connectivity index is 3.55. The van der Waals surface area contributed by atoms with Gasteiger partial charge >= 0.3 is 0 Å². The topological polar surface area (TPSA) is 29.5 Å².